The van der Waals surface area contributed by atoms with Crippen LogP contribution < -0.4 is 9.62 Å². The van der Waals surface area contributed by atoms with Crippen molar-refractivity contribution in [1.29, 1.82) is 0 Å². The second-order valence-corrected chi connectivity index (χ2v) is 11.4. The van der Waals surface area contributed by atoms with Crippen molar-refractivity contribution in [2.45, 2.75) is 25.0 Å². The molecule has 10 heteroatoms. The molecular formula is C27H27N5O4S. The lowest BCUT2D eigenvalue weighted by Gasteiger charge is -2.29. The molecule has 4 aromatic rings. The minimum atomic E-state index is -3.72. The quantitative estimate of drug-likeness (QED) is 0.418. The van der Waals surface area contributed by atoms with Crippen LogP contribution in [-0.4, -0.2) is 60.6 Å². The zero-order valence-corrected chi connectivity index (χ0v) is 21.2. The molecule has 1 amide bonds. The molecular weight excluding hydrogens is 490 g/mol. The molecule has 9 nitrogen and oxygen atoms in total. The summed E-state index contributed by atoms with van der Waals surface area (Å²) in [5.41, 5.74) is 4.84. The lowest BCUT2D eigenvalue weighted by Crippen LogP contribution is -2.36. The summed E-state index contributed by atoms with van der Waals surface area (Å²) in [6.45, 7) is 4.98. The van der Waals surface area contributed by atoms with Gasteiger partial charge in [-0.3, -0.25) is 4.79 Å². The van der Waals surface area contributed by atoms with Crippen molar-refractivity contribution in [2.75, 3.05) is 31.2 Å². The van der Waals surface area contributed by atoms with E-state index < -0.39 is 21.2 Å². The van der Waals surface area contributed by atoms with Crippen molar-refractivity contribution in [2.24, 2.45) is 0 Å². The number of benzene rings is 2. The molecule has 0 bridgehead atoms. The molecule has 1 saturated carbocycles. The summed E-state index contributed by atoms with van der Waals surface area (Å²) in [7, 11) is -3.72. The first-order chi connectivity index (χ1) is 17.9. The molecule has 1 saturated heterocycles. The molecule has 0 spiro atoms. The van der Waals surface area contributed by atoms with E-state index in [9.17, 15) is 13.2 Å². The lowest BCUT2D eigenvalue weighted by atomic mass is 10.0. The third-order valence-corrected chi connectivity index (χ3v) is 8.62. The number of fused-ring (bicyclic) bond motifs is 1. The van der Waals surface area contributed by atoms with Gasteiger partial charge in [-0.05, 0) is 61.2 Å². The molecule has 0 unspecified atom stereocenters. The van der Waals surface area contributed by atoms with Gasteiger partial charge in [-0.15, -0.1) is 0 Å². The first-order valence-electron chi connectivity index (χ1n) is 12.4. The number of anilines is 1. The fourth-order valence-corrected chi connectivity index (χ4v) is 5.98. The number of para-hydroxylation sites is 1. The summed E-state index contributed by atoms with van der Waals surface area (Å²) < 4.78 is 34.3. The van der Waals surface area contributed by atoms with E-state index in [0.717, 1.165) is 46.7 Å². The number of amides is 1. The summed E-state index contributed by atoms with van der Waals surface area (Å²) in [4.78, 5) is 20.0. The van der Waals surface area contributed by atoms with Gasteiger partial charge in [0, 0.05) is 18.8 Å². The molecule has 0 atom stereocenters. The topological polar surface area (TPSA) is 106 Å². The van der Waals surface area contributed by atoms with E-state index in [4.69, 9.17) is 9.84 Å². The summed E-state index contributed by atoms with van der Waals surface area (Å²) in [5.74, 6) is -0.738. The van der Waals surface area contributed by atoms with Crippen molar-refractivity contribution >= 4 is 32.7 Å². The maximum absolute atomic E-state index is 13.1. The molecule has 1 aliphatic heterocycles. The molecule has 37 heavy (non-hydrogen) atoms. The number of aryl methyl sites for hydroxylation is 1. The Morgan fingerprint density at radius 3 is 2.38 bits per heavy atom. The number of aromatic nitrogens is 3. The SMILES string of the molecule is Cc1nn(-c2ccccc2)c2nc(C(=O)NS(=O)(=O)C3CC3)cc(-c3ccc(N4CCOCC4)cc3)c12. The van der Waals surface area contributed by atoms with Crippen LogP contribution in [0.4, 0.5) is 5.69 Å². The minimum Gasteiger partial charge on any atom is -0.378 e. The van der Waals surface area contributed by atoms with E-state index in [0.29, 0.717) is 31.7 Å². The van der Waals surface area contributed by atoms with Crippen LogP contribution in [0.2, 0.25) is 0 Å². The number of hydrogen-bond donors (Lipinski definition) is 1. The predicted octanol–water partition coefficient (Wildman–Crippen LogP) is 3.45. The van der Waals surface area contributed by atoms with Gasteiger partial charge in [0.2, 0.25) is 10.0 Å². The highest BCUT2D eigenvalue weighted by Crippen LogP contribution is 2.34. The highest BCUT2D eigenvalue weighted by molar-refractivity contribution is 7.91. The fraction of sp³-hybridized carbons (Fsp3) is 0.296. The average molecular weight is 518 g/mol. The van der Waals surface area contributed by atoms with Crippen molar-refractivity contribution in [1.82, 2.24) is 19.5 Å². The fourth-order valence-electron chi connectivity index (χ4n) is 4.70. The number of carbonyl (C=O) groups excluding carboxylic acids is 1. The molecule has 2 aliphatic rings. The maximum Gasteiger partial charge on any atom is 0.283 e. The van der Waals surface area contributed by atoms with Crippen LogP contribution in [0.15, 0.2) is 60.7 Å². The Kier molecular flexibility index (Phi) is 5.92. The van der Waals surface area contributed by atoms with Crippen LogP contribution in [-0.2, 0) is 14.8 Å². The Morgan fingerprint density at radius 2 is 1.70 bits per heavy atom. The number of pyridine rings is 1. The van der Waals surface area contributed by atoms with Crippen LogP contribution in [0.25, 0.3) is 27.8 Å². The zero-order chi connectivity index (χ0) is 25.6. The zero-order valence-electron chi connectivity index (χ0n) is 20.4. The average Bonchev–Trinajstić information content (AvgIpc) is 3.74. The number of sulfonamides is 1. The molecule has 1 N–H and O–H groups in total. The smallest absolute Gasteiger partial charge is 0.283 e. The number of ether oxygens (including phenoxy) is 1. The molecule has 2 fully saturated rings. The maximum atomic E-state index is 13.1. The minimum absolute atomic E-state index is 0.0288. The predicted molar refractivity (Wildman–Crippen MR) is 141 cm³/mol. The van der Waals surface area contributed by atoms with E-state index >= 15 is 0 Å². The second kappa shape index (κ2) is 9.28. The molecule has 6 rings (SSSR count). The molecule has 1 aliphatic carbocycles. The highest BCUT2D eigenvalue weighted by Gasteiger charge is 2.37. The molecule has 0 radical (unpaired) electrons. The number of morpholine rings is 1. The summed E-state index contributed by atoms with van der Waals surface area (Å²) in [5, 5.41) is 5.03. The lowest BCUT2D eigenvalue weighted by molar-refractivity contribution is 0.0977. The monoisotopic (exact) mass is 517 g/mol. The molecule has 190 valence electrons. The summed E-state index contributed by atoms with van der Waals surface area (Å²) in [6, 6.07) is 19.4. The Bertz CT molecular complexity index is 1570. The third kappa shape index (κ3) is 4.58. The Balaban J connectivity index is 1.47. The molecule has 2 aromatic carbocycles. The van der Waals surface area contributed by atoms with Crippen LogP contribution in [0, 0.1) is 6.92 Å². The van der Waals surface area contributed by atoms with Gasteiger partial charge >= 0.3 is 0 Å². The number of rotatable bonds is 6. The normalized spacial score (nSPS) is 16.2. The Hall–Kier alpha value is -3.76. The van der Waals surface area contributed by atoms with Crippen molar-refractivity contribution < 1.29 is 17.9 Å². The largest absolute Gasteiger partial charge is 0.378 e. The van der Waals surface area contributed by atoms with Gasteiger partial charge in [-0.25, -0.2) is 22.8 Å². The van der Waals surface area contributed by atoms with Crippen LogP contribution in [0.3, 0.4) is 0 Å². The standard InChI is InChI=1S/C27H27N5O4S/c1-18-25-23(19-7-9-20(10-8-19)31-13-15-36-16-14-31)17-24(27(33)30-37(34,35)22-11-12-22)28-26(25)32(29-18)21-5-3-2-4-6-21/h2-10,17,22H,11-16H2,1H3,(H,30,33). The first kappa shape index (κ1) is 23.6. The van der Waals surface area contributed by atoms with E-state index in [1.165, 1.54) is 0 Å². The van der Waals surface area contributed by atoms with Gasteiger partial charge in [-0.1, -0.05) is 30.3 Å². The number of nitrogens with zero attached hydrogens (tertiary/aromatic N) is 4. The van der Waals surface area contributed by atoms with E-state index in [1.54, 1.807) is 10.7 Å². The van der Waals surface area contributed by atoms with Crippen molar-refractivity contribution in [3.63, 3.8) is 0 Å². The molecule has 3 heterocycles. The van der Waals surface area contributed by atoms with Crippen LogP contribution in [0.5, 0.6) is 0 Å². The first-order valence-corrected chi connectivity index (χ1v) is 13.9. The van der Waals surface area contributed by atoms with Gasteiger partial charge in [0.15, 0.2) is 5.65 Å². The van der Waals surface area contributed by atoms with Gasteiger partial charge < -0.3 is 9.64 Å². The highest BCUT2D eigenvalue weighted by atomic mass is 32.2. The van der Waals surface area contributed by atoms with E-state index in [1.807, 2.05) is 49.4 Å². The summed E-state index contributed by atoms with van der Waals surface area (Å²) >= 11 is 0. The van der Waals surface area contributed by atoms with Gasteiger partial charge in [-0.2, -0.15) is 5.10 Å². The van der Waals surface area contributed by atoms with Gasteiger partial charge in [0.1, 0.15) is 5.69 Å². The van der Waals surface area contributed by atoms with Crippen molar-refractivity contribution in [3.8, 4) is 16.8 Å². The Labute approximate surface area is 215 Å². The van der Waals surface area contributed by atoms with Crippen molar-refractivity contribution in [3.05, 3.63) is 72.1 Å². The van der Waals surface area contributed by atoms with Crippen LogP contribution in [0.1, 0.15) is 29.0 Å². The second-order valence-electron chi connectivity index (χ2n) is 9.41. The number of hydrogen-bond acceptors (Lipinski definition) is 7. The third-order valence-electron chi connectivity index (χ3n) is 6.80. The summed E-state index contributed by atoms with van der Waals surface area (Å²) in [6.07, 6.45) is 1.13. The van der Waals surface area contributed by atoms with E-state index in [2.05, 4.69) is 26.7 Å². The number of nitrogens with one attached hydrogen (secondary N) is 1. The molecule has 2 aromatic heterocycles. The van der Waals surface area contributed by atoms with Gasteiger partial charge in [0.25, 0.3) is 5.91 Å². The van der Waals surface area contributed by atoms with E-state index in [-0.39, 0.29) is 5.69 Å². The Morgan fingerprint density at radius 1 is 1.00 bits per heavy atom. The van der Waals surface area contributed by atoms with Crippen LogP contribution >= 0.6 is 0 Å². The van der Waals surface area contributed by atoms with Gasteiger partial charge in [0.05, 0.1) is 35.2 Å². The number of carbonyl (C=O) groups is 1.